The van der Waals surface area contributed by atoms with Crippen LogP contribution in [-0.2, 0) is 12.7 Å². The molecule has 0 saturated carbocycles. The molecule has 0 amide bonds. The minimum Gasteiger partial charge on any atom is -0.251 e. The van der Waals surface area contributed by atoms with Crippen LogP contribution in [-0.4, -0.2) is 29.4 Å². The Hall–Kier alpha value is -4.12. The van der Waals surface area contributed by atoms with Gasteiger partial charge in [0.1, 0.15) is 5.69 Å². The number of pyridine rings is 2. The smallest absolute Gasteiger partial charge is 0.251 e. The van der Waals surface area contributed by atoms with Gasteiger partial charge in [0.15, 0.2) is 5.65 Å². The Morgan fingerprint density at radius 3 is 2.26 bits per heavy atom. The Balaban J connectivity index is 1.66. The fourth-order valence-electron chi connectivity index (χ4n) is 3.58. The minimum atomic E-state index is -4.57. The van der Waals surface area contributed by atoms with Crippen molar-refractivity contribution in [3.63, 3.8) is 0 Å². The molecule has 0 atom stereocenters. The van der Waals surface area contributed by atoms with Gasteiger partial charge in [-0.15, -0.1) is 5.10 Å². The first-order valence-electron chi connectivity index (χ1n) is 10.1. The highest BCUT2D eigenvalue weighted by Gasteiger charge is 2.32. The number of fused-ring (bicyclic) bond motifs is 1. The average Bonchev–Trinajstić information content (AvgIpc) is 3.14. The fourth-order valence-corrected chi connectivity index (χ4v) is 3.70. The number of hydrogen-bond acceptors (Lipinski definition) is 5. The van der Waals surface area contributed by atoms with Crippen molar-refractivity contribution in [3.8, 4) is 22.3 Å². The molecule has 12 heteroatoms. The Morgan fingerprint density at radius 1 is 0.886 bits per heavy atom. The molecule has 4 heterocycles. The van der Waals surface area contributed by atoms with E-state index in [0.29, 0.717) is 32.8 Å². The van der Waals surface area contributed by atoms with Crippen LogP contribution in [0.25, 0.3) is 27.9 Å². The van der Waals surface area contributed by atoms with Crippen LogP contribution in [0.1, 0.15) is 11.3 Å². The lowest BCUT2D eigenvalue weighted by atomic mass is 9.98. The third-order valence-corrected chi connectivity index (χ3v) is 5.48. The second-order valence-corrected chi connectivity index (χ2v) is 7.97. The van der Waals surface area contributed by atoms with Gasteiger partial charge in [-0.05, 0) is 41.5 Å². The fraction of sp³-hybridized carbons (Fsp3) is 0.0870. The molecule has 0 bridgehead atoms. The van der Waals surface area contributed by atoms with Crippen molar-refractivity contribution in [3.05, 3.63) is 99.8 Å². The molecule has 35 heavy (non-hydrogen) atoms. The van der Waals surface area contributed by atoms with Crippen molar-refractivity contribution in [1.82, 2.24) is 29.4 Å². The monoisotopic (exact) mass is 500 g/mol. The highest BCUT2D eigenvalue weighted by Crippen LogP contribution is 2.34. The van der Waals surface area contributed by atoms with Gasteiger partial charge in [0.2, 0.25) is 5.95 Å². The van der Waals surface area contributed by atoms with E-state index in [1.807, 2.05) is 0 Å². The number of nitrogens with zero attached hydrogens (tertiary/aromatic N) is 6. The summed E-state index contributed by atoms with van der Waals surface area (Å²) in [6.45, 7) is -0.124. The summed E-state index contributed by atoms with van der Waals surface area (Å²) in [5.74, 6) is -0.651. The van der Waals surface area contributed by atoms with Gasteiger partial charge in [0.25, 0.3) is 0 Å². The van der Waals surface area contributed by atoms with E-state index in [2.05, 4.69) is 20.2 Å². The van der Waals surface area contributed by atoms with Crippen molar-refractivity contribution in [2.45, 2.75) is 12.7 Å². The lowest BCUT2D eigenvalue weighted by molar-refractivity contribution is -0.141. The Morgan fingerprint density at radius 2 is 1.63 bits per heavy atom. The number of halogens is 5. The van der Waals surface area contributed by atoms with Crippen LogP contribution < -0.4 is 5.69 Å². The number of rotatable bonds is 4. The highest BCUT2D eigenvalue weighted by atomic mass is 35.5. The summed E-state index contributed by atoms with van der Waals surface area (Å²) in [6, 6.07) is 11.6. The number of benzene rings is 1. The largest absolute Gasteiger partial charge is 0.433 e. The summed E-state index contributed by atoms with van der Waals surface area (Å²) in [4.78, 5) is 20.1. The maximum Gasteiger partial charge on any atom is 0.433 e. The zero-order valence-corrected chi connectivity index (χ0v) is 18.3. The van der Waals surface area contributed by atoms with E-state index in [0.717, 1.165) is 21.5 Å². The van der Waals surface area contributed by atoms with Crippen molar-refractivity contribution in [2.24, 2.45) is 0 Å². The molecule has 0 saturated heterocycles. The summed E-state index contributed by atoms with van der Waals surface area (Å²) >= 11 is 6.04. The van der Waals surface area contributed by atoms with E-state index in [4.69, 9.17) is 11.6 Å². The quantitative estimate of drug-likeness (QED) is 0.260. The molecule has 0 radical (unpaired) electrons. The first kappa shape index (κ1) is 22.7. The molecular formula is C23H13ClF4N6O. The van der Waals surface area contributed by atoms with Gasteiger partial charge >= 0.3 is 11.9 Å². The SMILES string of the molecule is O=c1n(Cc2ccc(C(F)(F)F)nc2)nc2c(-c3ccc(Cl)cc3)c(-c3ccc(F)nc3)cnn12. The number of alkyl halides is 3. The van der Waals surface area contributed by atoms with E-state index in [1.165, 1.54) is 30.6 Å². The Kier molecular flexibility index (Phi) is 5.56. The molecule has 0 unspecified atom stereocenters. The molecule has 176 valence electrons. The second-order valence-electron chi connectivity index (χ2n) is 7.53. The van der Waals surface area contributed by atoms with Crippen LogP contribution >= 0.6 is 11.6 Å². The van der Waals surface area contributed by atoms with Crippen molar-refractivity contribution in [2.75, 3.05) is 0 Å². The van der Waals surface area contributed by atoms with Gasteiger partial charge in [-0.2, -0.15) is 27.2 Å². The van der Waals surface area contributed by atoms with Crippen molar-refractivity contribution in [1.29, 1.82) is 0 Å². The third-order valence-electron chi connectivity index (χ3n) is 5.23. The summed E-state index contributed by atoms with van der Waals surface area (Å²) in [6.07, 6.45) is -0.742. The zero-order chi connectivity index (χ0) is 24.7. The van der Waals surface area contributed by atoms with Gasteiger partial charge in [-0.1, -0.05) is 29.8 Å². The van der Waals surface area contributed by atoms with Crippen LogP contribution in [0.15, 0.2) is 71.9 Å². The minimum absolute atomic E-state index is 0.124. The maximum atomic E-state index is 13.4. The Labute approximate surface area is 199 Å². The summed E-state index contributed by atoms with van der Waals surface area (Å²) in [5.41, 5.74) is 1.17. The average molecular weight is 501 g/mol. The van der Waals surface area contributed by atoms with Crippen LogP contribution in [0.5, 0.6) is 0 Å². The van der Waals surface area contributed by atoms with Crippen LogP contribution in [0.4, 0.5) is 17.6 Å². The van der Waals surface area contributed by atoms with Crippen LogP contribution in [0.2, 0.25) is 5.02 Å². The molecule has 0 aliphatic carbocycles. The maximum absolute atomic E-state index is 13.4. The molecule has 1 aromatic carbocycles. The summed E-state index contributed by atoms with van der Waals surface area (Å²) in [5, 5.41) is 9.11. The van der Waals surface area contributed by atoms with E-state index < -0.39 is 23.5 Å². The van der Waals surface area contributed by atoms with E-state index >= 15 is 0 Å². The summed E-state index contributed by atoms with van der Waals surface area (Å²) < 4.78 is 54.0. The molecule has 7 nitrogen and oxygen atoms in total. The van der Waals surface area contributed by atoms with Gasteiger partial charge in [-0.3, -0.25) is 4.98 Å². The molecule has 0 N–H and O–H groups in total. The standard InChI is InChI=1S/C23H13ClF4N6O/c24-16-5-2-14(3-6-16)20-17(15-4-8-19(25)30-10-15)11-31-34-21(20)32-33(22(34)35)12-13-1-7-18(29-9-13)23(26,27)28/h1-11H,12H2. The van der Waals surface area contributed by atoms with Gasteiger partial charge in [-0.25, -0.2) is 14.5 Å². The molecule has 0 fully saturated rings. The van der Waals surface area contributed by atoms with E-state index in [9.17, 15) is 22.4 Å². The lowest BCUT2D eigenvalue weighted by Gasteiger charge is -2.10. The van der Waals surface area contributed by atoms with Gasteiger partial charge in [0, 0.05) is 34.1 Å². The van der Waals surface area contributed by atoms with Crippen molar-refractivity contribution >= 4 is 17.2 Å². The molecular weight excluding hydrogens is 488 g/mol. The third kappa shape index (κ3) is 4.37. The first-order valence-corrected chi connectivity index (χ1v) is 10.5. The van der Waals surface area contributed by atoms with Gasteiger partial charge < -0.3 is 0 Å². The van der Waals surface area contributed by atoms with Crippen LogP contribution in [0, 0.1) is 5.95 Å². The predicted molar refractivity (Wildman–Crippen MR) is 119 cm³/mol. The molecule has 5 aromatic rings. The number of aromatic nitrogens is 6. The first-order chi connectivity index (χ1) is 16.7. The van der Waals surface area contributed by atoms with E-state index in [1.54, 1.807) is 24.3 Å². The predicted octanol–water partition coefficient (Wildman–Crippen LogP) is 4.87. The molecule has 0 aliphatic heterocycles. The normalized spacial score (nSPS) is 11.8. The second kappa shape index (κ2) is 8.58. The number of hydrogen-bond donors (Lipinski definition) is 0. The molecule has 4 aromatic heterocycles. The highest BCUT2D eigenvalue weighted by molar-refractivity contribution is 6.30. The summed E-state index contributed by atoms with van der Waals surface area (Å²) in [7, 11) is 0. The Bertz CT molecular complexity index is 1580. The molecule has 5 rings (SSSR count). The molecule has 0 aliphatic rings. The van der Waals surface area contributed by atoms with Crippen molar-refractivity contribution < 1.29 is 17.6 Å². The zero-order valence-electron chi connectivity index (χ0n) is 17.5. The molecule has 0 spiro atoms. The van der Waals surface area contributed by atoms with Gasteiger partial charge in [0.05, 0.1) is 12.7 Å². The van der Waals surface area contributed by atoms with Crippen LogP contribution in [0.3, 0.4) is 0 Å². The topological polar surface area (TPSA) is 78.0 Å². The van der Waals surface area contributed by atoms with E-state index in [-0.39, 0.29) is 12.2 Å². The lowest BCUT2D eigenvalue weighted by Crippen LogP contribution is -2.23.